The molecule has 0 spiro atoms. The van der Waals surface area contributed by atoms with Gasteiger partial charge in [0.25, 0.3) is 0 Å². The first kappa shape index (κ1) is 16.5. The van der Waals surface area contributed by atoms with Crippen molar-refractivity contribution in [2.45, 2.75) is 26.8 Å². The molecule has 2 aromatic rings. The van der Waals surface area contributed by atoms with E-state index in [1.165, 1.54) is 0 Å². The zero-order valence-corrected chi connectivity index (χ0v) is 14.4. The molecular formula is C17H20BrN3O. The molecule has 0 bridgehead atoms. The molecule has 5 heteroatoms. The lowest BCUT2D eigenvalue weighted by molar-refractivity contribution is -0.119. The molecule has 0 saturated heterocycles. The summed E-state index contributed by atoms with van der Waals surface area (Å²) in [5.74, 6) is 0.896. The number of benzene rings is 1. The summed E-state index contributed by atoms with van der Waals surface area (Å²) in [6, 6.07) is 11.7. The molecule has 1 amide bonds. The quantitative estimate of drug-likeness (QED) is 0.799. The molecule has 0 aliphatic heterocycles. The van der Waals surface area contributed by atoms with Crippen LogP contribution in [0.1, 0.15) is 25.8 Å². The topological polar surface area (TPSA) is 54.0 Å². The van der Waals surface area contributed by atoms with Crippen molar-refractivity contribution in [2.24, 2.45) is 5.92 Å². The van der Waals surface area contributed by atoms with E-state index in [2.05, 4.69) is 31.5 Å². The maximum Gasteiger partial charge on any atom is 0.227 e. The molecule has 1 aromatic heterocycles. The third kappa shape index (κ3) is 4.84. The van der Waals surface area contributed by atoms with E-state index in [9.17, 15) is 4.79 Å². The standard InChI is InChI=1S/C17H20BrN3O/c1-3-12(2)17(22)21-15-6-4-5-13(9-15)10-19-16-8-7-14(18)11-20-16/h4-9,11-12H,3,10H2,1-2H3,(H,19,20)(H,21,22). The summed E-state index contributed by atoms with van der Waals surface area (Å²) in [5, 5.41) is 6.21. The zero-order valence-electron chi connectivity index (χ0n) is 12.8. The van der Waals surface area contributed by atoms with Crippen molar-refractivity contribution >= 4 is 33.3 Å². The fourth-order valence-electron chi connectivity index (χ4n) is 1.88. The highest BCUT2D eigenvalue weighted by atomic mass is 79.9. The smallest absolute Gasteiger partial charge is 0.227 e. The van der Waals surface area contributed by atoms with Crippen LogP contribution in [-0.4, -0.2) is 10.9 Å². The van der Waals surface area contributed by atoms with Gasteiger partial charge in [0, 0.05) is 28.8 Å². The van der Waals surface area contributed by atoms with Crippen LogP contribution in [0.3, 0.4) is 0 Å². The molecule has 22 heavy (non-hydrogen) atoms. The first-order valence-corrected chi connectivity index (χ1v) is 8.13. The number of hydrogen-bond acceptors (Lipinski definition) is 3. The van der Waals surface area contributed by atoms with Gasteiger partial charge in [-0.15, -0.1) is 0 Å². The van der Waals surface area contributed by atoms with Crippen molar-refractivity contribution in [3.63, 3.8) is 0 Å². The molecule has 1 atom stereocenters. The monoisotopic (exact) mass is 361 g/mol. The van der Waals surface area contributed by atoms with E-state index in [-0.39, 0.29) is 11.8 Å². The number of aromatic nitrogens is 1. The first-order valence-electron chi connectivity index (χ1n) is 7.33. The largest absolute Gasteiger partial charge is 0.366 e. The number of anilines is 2. The molecule has 2 N–H and O–H groups in total. The number of hydrogen-bond donors (Lipinski definition) is 2. The summed E-state index contributed by atoms with van der Waals surface area (Å²) >= 11 is 3.36. The van der Waals surface area contributed by atoms with Crippen LogP contribution in [0, 0.1) is 5.92 Å². The van der Waals surface area contributed by atoms with Gasteiger partial charge in [0.1, 0.15) is 5.82 Å². The average Bonchev–Trinajstić information content (AvgIpc) is 2.54. The zero-order chi connectivity index (χ0) is 15.9. The SMILES string of the molecule is CCC(C)C(=O)Nc1cccc(CNc2ccc(Br)cn2)c1. The van der Waals surface area contributed by atoms with E-state index < -0.39 is 0 Å². The molecule has 116 valence electrons. The van der Waals surface area contributed by atoms with E-state index >= 15 is 0 Å². The fourth-order valence-corrected chi connectivity index (χ4v) is 2.12. The van der Waals surface area contributed by atoms with Gasteiger partial charge in [-0.3, -0.25) is 4.79 Å². The van der Waals surface area contributed by atoms with Gasteiger partial charge in [-0.05, 0) is 52.2 Å². The molecule has 0 radical (unpaired) electrons. The minimum Gasteiger partial charge on any atom is -0.366 e. The Morgan fingerprint density at radius 3 is 2.82 bits per heavy atom. The van der Waals surface area contributed by atoms with Gasteiger partial charge in [0.15, 0.2) is 0 Å². The summed E-state index contributed by atoms with van der Waals surface area (Å²) in [7, 11) is 0. The Labute approximate surface area is 139 Å². The van der Waals surface area contributed by atoms with Gasteiger partial charge < -0.3 is 10.6 Å². The lowest BCUT2D eigenvalue weighted by Crippen LogP contribution is -2.19. The second kappa shape index (κ2) is 7.94. The Hall–Kier alpha value is -1.88. The van der Waals surface area contributed by atoms with Crippen LogP contribution in [0.15, 0.2) is 47.1 Å². The van der Waals surface area contributed by atoms with E-state index in [0.717, 1.165) is 28.0 Å². The molecule has 1 heterocycles. The van der Waals surface area contributed by atoms with Crippen LogP contribution >= 0.6 is 15.9 Å². The second-order valence-corrected chi connectivity index (χ2v) is 6.13. The second-order valence-electron chi connectivity index (χ2n) is 5.21. The number of rotatable bonds is 6. The number of nitrogens with zero attached hydrogens (tertiary/aromatic N) is 1. The Kier molecular flexibility index (Phi) is 5.95. The third-order valence-corrected chi connectivity index (χ3v) is 3.92. The van der Waals surface area contributed by atoms with Crippen LogP contribution in [0.4, 0.5) is 11.5 Å². The van der Waals surface area contributed by atoms with Crippen LogP contribution in [0.25, 0.3) is 0 Å². The van der Waals surface area contributed by atoms with Gasteiger partial charge in [-0.25, -0.2) is 4.98 Å². The number of amides is 1. The maximum absolute atomic E-state index is 11.9. The summed E-state index contributed by atoms with van der Waals surface area (Å²) in [6.07, 6.45) is 2.59. The van der Waals surface area contributed by atoms with E-state index in [1.54, 1.807) is 6.20 Å². The highest BCUT2D eigenvalue weighted by Gasteiger charge is 2.10. The fraction of sp³-hybridized carbons (Fsp3) is 0.294. The highest BCUT2D eigenvalue weighted by molar-refractivity contribution is 9.10. The molecule has 0 fully saturated rings. The van der Waals surface area contributed by atoms with Gasteiger partial charge in [0.05, 0.1) is 0 Å². The first-order chi connectivity index (χ1) is 10.6. The molecule has 2 rings (SSSR count). The summed E-state index contributed by atoms with van der Waals surface area (Å²) in [4.78, 5) is 16.2. The van der Waals surface area contributed by atoms with E-state index in [4.69, 9.17) is 0 Å². The van der Waals surface area contributed by atoms with Crippen LogP contribution in [0.2, 0.25) is 0 Å². The number of halogens is 1. The van der Waals surface area contributed by atoms with Crippen molar-refractivity contribution in [3.8, 4) is 0 Å². The van der Waals surface area contributed by atoms with Crippen LogP contribution < -0.4 is 10.6 Å². The molecule has 0 aliphatic rings. The number of carbonyl (C=O) groups is 1. The molecular weight excluding hydrogens is 342 g/mol. The van der Waals surface area contributed by atoms with Gasteiger partial charge in [-0.1, -0.05) is 26.0 Å². The summed E-state index contributed by atoms with van der Waals surface area (Å²) < 4.78 is 0.952. The number of pyridine rings is 1. The van der Waals surface area contributed by atoms with Gasteiger partial charge in [0.2, 0.25) is 5.91 Å². The van der Waals surface area contributed by atoms with Crippen LogP contribution in [-0.2, 0) is 11.3 Å². The van der Waals surface area contributed by atoms with Crippen LogP contribution in [0.5, 0.6) is 0 Å². The van der Waals surface area contributed by atoms with E-state index in [0.29, 0.717) is 6.54 Å². The summed E-state index contributed by atoms with van der Waals surface area (Å²) in [5.41, 5.74) is 1.92. The Balaban J connectivity index is 1.96. The average molecular weight is 362 g/mol. The molecule has 0 saturated carbocycles. The Morgan fingerprint density at radius 2 is 2.14 bits per heavy atom. The van der Waals surface area contributed by atoms with Crippen molar-refractivity contribution in [1.29, 1.82) is 0 Å². The number of nitrogens with one attached hydrogen (secondary N) is 2. The summed E-state index contributed by atoms with van der Waals surface area (Å²) in [6.45, 7) is 4.59. The van der Waals surface area contributed by atoms with Crippen molar-refractivity contribution in [2.75, 3.05) is 10.6 Å². The Bertz CT molecular complexity index is 628. The van der Waals surface area contributed by atoms with Crippen molar-refractivity contribution < 1.29 is 4.79 Å². The van der Waals surface area contributed by atoms with Gasteiger partial charge >= 0.3 is 0 Å². The Morgan fingerprint density at radius 1 is 1.32 bits per heavy atom. The number of carbonyl (C=O) groups excluding carboxylic acids is 1. The predicted molar refractivity (Wildman–Crippen MR) is 93.8 cm³/mol. The normalized spacial score (nSPS) is 11.8. The van der Waals surface area contributed by atoms with Crippen molar-refractivity contribution in [3.05, 3.63) is 52.6 Å². The molecule has 0 aliphatic carbocycles. The molecule has 4 nitrogen and oxygen atoms in total. The highest BCUT2D eigenvalue weighted by Crippen LogP contribution is 2.15. The minimum absolute atomic E-state index is 0.0220. The maximum atomic E-state index is 11.9. The molecule has 1 unspecified atom stereocenters. The van der Waals surface area contributed by atoms with Crippen molar-refractivity contribution in [1.82, 2.24) is 4.98 Å². The molecule has 1 aromatic carbocycles. The third-order valence-electron chi connectivity index (χ3n) is 3.46. The lowest BCUT2D eigenvalue weighted by Gasteiger charge is -2.11. The minimum atomic E-state index is 0.0220. The lowest BCUT2D eigenvalue weighted by atomic mass is 10.1. The van der Waals surface area contributed by atoms with Gasteiger partial charge in [-0.2, -0.15) is 0 Å². The predicted octanol–water partition coefficient (Wildman–Crippen LogP) is 4.44. The van der Waals surface area contributed by atoms with E-state index in [1.807, 2.05) is 50.2 Å².